The summed E-state index contributed by atoms with van der Waals surface area (Å²) in [5.74, 6) is 0. The standard InChI is InChI=1S/C17H37NO/c1-4-7-8-9-10-11-12-17(18-14-5-2)13-16-19-15-6-3/h17-18H,4-16H2,1-3H3. The minimum atomic E-state index is 0.669. The Balaban J connectivity index is 3.55. The van der Waals surface area contributed by atoms with Crippen LogP contribution in [0.1, 0.15) is 85.0 Å². The van der Waals surface area contributed by atoms with Crippen molar-refractivity contribution < 1.29 is 4.74 Å². The van der Waals surface area contributed by atoms with Crippen LogP contribution in [0.25, 0.3) is 0 Å². The zero-order chi connectivity index (χ0) is 14.2. The van der Waals surface area contributed by atoms with Crippen molar-refractivity contribution in [1.29, 1.82) is 0 Å². The lowest BCUT2D eigenvalue weighted by Gasteiger charge is -2.18. The summed E-state index contributed by atoms with van der Waals surface area (Å²) in [6, 6.07) is 0.669. The van der Waals surface area contributed by atoms with Gasteiger partial charge in [-0.2, -0.15) is 0 Å². The summed E-state index contributed by atoms with van der Waals surface area (Å²) in [4.78, 5) is 0. The quantitative estimate of drug-likeness (QED) is 0.427. The predicted molar refractivity (Wildman–Crippen MR) is 85.8 cm³/mol. The molecule has 0 spiro atoms. The van der Waals surface area contributed by atoms with E-state index in [1.165, 1.54) is 57.8 Å². The Hall–Kier alpha value is -0.0800. The van der Waals surface area contributed by atoms with E-state index in [0.717, 1.165) is 26.2 Å². The molecule has 0 saturated heterocycles. The summed E-state index contributed by atoms with van der Waals surface area (Å²) < 4.78 is 5.61. The van der Waals surface area contributed by atoms with E-state index in [1.807, 2.05) is 0 Å². The first kappa shape index (κ1) is 18.9. The molecule has 0 heterocycles. The summed E-state index contributed by atoms with van der Waals surface area (Å²) in [5.41, 5.74) is 0. The molecule has 0 saturated carbocycles. The van der Waals surface area contributed by atoms with Crippen molar-refractivity contribution in [3.8, 4) is 0 Å². The molecule has 0 aliphatic heterocycles. The monoisotopic (exact) mass is 271 g/mol. The molecule has 1 unspecified atom stereocenters. The third-order valence-corrected chi connectivity index (χ3v) is 3.55. The second kappa shape index (κ2) is 16.0. The van der Waals surface area contributed by atoms with Gasteiger partial charge in [0, 0.05) is 19.3 Å². The van der Waals surface area contributed by atoms with Crippen molar-refractivity contribution in [2.24, 2.45) is 0 Å². The van der Waals surface area contributed by atoms with E-state index in [2.05, 4.69) is 26.1 Å². The summed E-state index contributed by atoms with van der Waals surface area (Å²) >= 11 is 0. The van der Waals surface area contributed by atoms with Gasteiger partial charge in [-0.15, -0.1) is 0 Å². The highest BCUT2D eigenvalue weighted by Crippen LogP contribution is 2.10. The van der Waals surface area contributed by atoms with Crippen LogP contribution in [0.15, 0.2) is 0 Å². The molecular formula is C17H37NO. The summed E-state index contributed by atoms with van der Waals surface area (Å²) in [6.45, 7) is 9.67. The van der Waals surface area contributed by atoms with Crippen molar-refractivity contribution in [3.63, 3.8) is 0 Å². The lowest BCUT2D eigenvalue weighted by molar-refractivity contribution is 0.123. The van der Waals surface area contributed by atoms with E-state index in [0.29, 0.717) is 6.04 Å². The Bertz CT molecular complexity index is 161. The van der Waals surface area contributed by atoms with Gasteiger partial charge in [0.2, 0.25) is 0 Å². The number of rotatable bonds is 15. The van der Waals surface area contributed by atoms with Crippen LogP contribution in [0, 0.1) is 0 Å². The molecule has 0 aromatic carbocycles. The topological polar surface area (TPSA) is 21.3 Å². The number of hydrogen-bond donors (Lipinski definition) is 1. The smallest absolute Gasteiger partial charge is 0.0480 e. The molecule has 0 amide bonds. The molecular weight excluding hydrogens is 234 g/mol. The van der Waals surface area contributed by atoms with Crippen molar-refractivity contribution >= 4 is 0 Å². The Labute approximate surface area is 121 Å². The van der Waals surface area contributed by atoms with E-state index in [-0.39, 0.29) is 0 Å². The zero-order valence-corrected chi connectivity index (χ0v) is 13.7. The number of nitrogens with one attached hydrogen (secondary N) is 1. The number of unbranched alkanes of at least 4 members (excludes halogenated alkanes) is 5. The average molecular weight is 271 g/mol. The largest absolute Gasteiger partial charge is 0.381 e. The van der Waals surface area contributed by atoms with Gasteiger partial charge in [-0.25, -0.2) is 0 Å². The maximum Gasteiger partial charge on any atom is 0.0480 e. The van der Waals surface area contributed by atoms with Crippen molar-refractivity contribution in [3.05, 3.63) is 0 Å². The first-order valence-electron chi connectivity index (χ1n) is 8.66. The van der Waals surface area contributed by atoms with Crippen LogP contribution in [-0.2, 0) is 4.74 Å². The van der Waals surface area contributed by atoms with Crippen LogP contribution in [0.2, 0.25) is 0 Å². The first-order valence-corrected chi connectivity index (χ1v) is 8.66. The summed E-state index contributed by atoms with van der Waals surface area (Å²) in [6.07, 6.45) is 13.2. The van der Waals surface area contributed by atoms with Crippen LogP contribution >= 0.6 is 0 Å². The normalized spacial score (nSPS) is 12.8. The van der Waals surface area contributed by atoms with Crippen molar-refractivity contribution in [1.82, 2.24) is 5.32 Å². The van der Waals surface area contributed by atoms with Crippen LogP contribution in [0.5, 0.6) is 0 Å². The third-order valence-electron chi connectivity index (χ3n) is 3.55. The van der Waals surface area contributed by atoms with E-state index < -0.39 is 0 Å². The highest BCUT2D eigenvalue weighted by molar-refractivity contribution is 4.66. The van der Waals surface area contributed by atoms with Gasteiger partial charge < -0.3 is 10.1 Å². The van der Waals surface area contributed by atoms with Crippen LogP contribution in [0.3, 0.4) is 0 Å². The lowest BCUT2D eigenvalue weighted by atomic mass is 10.0. The SMILES string of the molecule is CCCCCCCCC(CCOCCC)NCCC. The number of hydrogen-bond acceptors (Lipinski definition) is 2. The fourth-order valence-electron chi connectivity index (χ4n) is 2.34. The second-order valence-corrected chi connectivity index (χ2v) is 5.61. The highest BCUT2D eigenvalue weighted by atomic mass is 16.5. The number of ether oxygens (including phenoxy) is 1. The molecule has 2 nitrogen and oxygen atoms in total. The molecule has 1 N–H and O–H groups in total. The maximum absolute atomic E-state index is 5.61. The molecule has 0 fully saturated rings. The minimum absolute atomic E-state index is 0.669. The maximum atomic E-state index is 5.61. The van der Waals surface area contributed by atoms with Crippen LogP contribution in [0.4, 0.5) is 0 Å². The molecule has 0 bridgehead atoms. The van der Waals surface area contributed by atoms with Gasteiger partial charge in [0.15, 0.2) is 0 Å². The average Bonchev–Trinajstić information content (AvgIpc) is 2.43. The Kier molecular flexibility index (Phi) is 15.9. The predicted octanol–water partition coefficient (Wildman–Crippen LogP) is 4.92. The highest BCUT2D eigenvalue weighted by Gasteiger charge is 2.07. The summed E-state index contributed by atoms with van der Waals surface area (Å²) in [7, 11) is 0. The van der Waals surface area contributed by atoms with E-state index in [9.17, 15) is 0 Å². The van der Waals surface area contributed by atoms with Crippen molar-refractivity contribution in [2.45, 2.75) is 91.0 Å². The van der Waals surface area contributed by atoms with E-state index in [1.54, 1.807) is 0 Å². The first-order chi connectivity index (χ1) is 9.35. The van der Waals surface area contributed by atoms with Gasteiger partial charge in [-0.3, -0.25) is 0 Å². The van der Waals surface area contributed by atoms with Crippen LogP contribution in [-0.4, -0.2) is 25.8 Å². The van der Waals surface area contributed by atoms with Gasteiger partial charge in [0.25, 0.3) is 0 Å². The fourth-order valence-corrected chi connectivity index (χ4v) is 2.34. The lowest BCUT2D eigenvalue weighted by Crippen LogP contribution is -2.31. The Morgan fingerprint density at radius 2 is 1.47 bits per heavy atom. The molecule has 0 aliphatic rings. The molecule has 0 aromatic rings. The van der Waals surface area contributed by atoms with Crippen LogP contribution < -0.4 is 5.32 Å². The summed E-state index contributed by atoms with van der Waals surface area (Å²) in [5, 5.41) is 3.67. The fraction of sp³-hybridized carbons (Fsp3) is 1.00. The zero-order valence-electron chi connectivity index (χ0n) is 13.7. The van der Waals surface area contributed by atoms with Crippen molar-refractivity contribution in [2.75, 3.05) is 19.8 Å². The molecule has 0 aromatic heterocycles. The van der Waals surface area contributed by atoms with Gasteiger partial charge in [-0.1, -0.05) is 59.3 Å². The molecule has 0 aliphatic carbocycles. The minimum Gasteiger partial charge on any atom is -0.381 e. The Morgan fingerprint density at radius 1 is 0.737 bits per heavy atom. The molecule has 116 valence electrons. The molecule has 0 rings (SSSR count). The van der Waals surface area contributed by atoms with Gasteiger partial charge in [0.1, 0.15) is 0 Å². The van der Waals surface area contributed by atoms with Gasteiger partial charge in [-0.05, 0) is 32.2 Å². The molecule has 0 radical (unpaired) electrons. The third kappa shape index (κ3) is 14.1. The Morgan fingerprint density at radius 3 is 2.16 bits per heavy atom. The van der Waals surface area contributed by atoms with E-state index >= 15 is 0 Å². The van der Waals surface area contributed by atoms with Gasteiger partial charge >= 0.3 is 0 Å². The van der Waals surface area contributed by atoms with Gasteiger partial charge in [0.05, 0.1) is 0 Å². The second-order valence-electron chi connectivity index (χ2n) is 5.61. The molecule has 1 atom stereocenters. The molecule has 2 heteroatoms. The van der Waals surface area contributed by atoms with E-state index in [4.69, 9.17) is 4.74 Å². The molecule has 19 heavy (non-hydrogen) atoms.